The zero-order chi connectivity index (χ0) is 18.9. The Bertz CT molecular complexity index is 888. The second-order valence-electron chi connectivity index (χ2n) is 7.45. The summed E-state index contributed by atoms with van der Waals surface area (Å²) in [6.07, 6.45) is 3.35. The normalized spacial score (nSPS) is 24.3. The number of nitrogens with zero attached hydrogens (tertiary/aromatic N) is 2. The van der Waals surface area contributed by atoms with Crippen LogP contribution in [-0.2, 0) is 15.1 Å². The van der Waals surface area contributed by atoms with Crippen LogP contribution >= 0.6 is 0 Å². The number of hydrogen-bond acceptors (Lipinski definition) is 4. The van der Waals surface area contributed by atoms with Crippen LogP contribution in [0.2, 0.25) is 0 Å². The van der Waals surface area contributed by atoms with Crippen LogP contribution < -0.4 is 0 Å². The van der Waals surface area contributed by atoms with Crippen LogP contribution in [0.3, 0.4) is 0 Å². The van der Waals surface area contributed by atoms with E-state index < -0.39 is 11.6 Å². The topological polar surface area (TPSA) is 67.5 Å². The fourth-order valence-corrected chi connectivity index (χ4v) is 4.32. The molecule has 2 atom stereocenters. The molecule has 2 aliphatic heterocycles. The highest BCUT2D eigenvalue weighted by Crippen LogP contribution is 2.46. The van der Waals surface area contributed by atoms with Crippen molar-refractivity contribution in [3.05, 3.63) is 71.3 Å². The van der Waals surface area contributed by atoms with Gasteiger partial charge in [0.25, 0.3) is 0 Å². The molecule has 2 aromatic carbocycles. The first-order chi connectivity index (χ1) is 13.1. The molecular formula is C22H24N3O2+. The van der Waals surface area contributed by atoms with Gasteiger partial charge in [0.05, 0.1) is 21.9 Å². The first kappa shape index (κ1) is 17.7. The molecule has 2 fully saturated rings. The molecule has 0 aliphatic carbocycles. The molecule has 5 nitrogen and oxygen atoms in total. The lowest BCUT2D eigenvalue weighted by Crippen LogP contribution is -2.70. The van der Waals surface area contributed by atoms with Gasteiger partial charge < -0.3 is 4.74 Å². The van der Waals surface area contributed by atoms with Crippen molar-refractivity contribution in [3.63, 3.8) is 0 Å². The number of esters is 1. The molecule has 0 aromatic heterocycles. The molecule has 2 aliphatic rings. The highest BCUT2D eigenvalue weighted by Gasteiger charge is 2.58. The molecule has 27 heavy (non-hydrogen) atoms. The SMILES string of the molecule is Cc1ccc([C@@]2(OC(=O)C(=[N+]=N)c3ccccc3)CN3CCCC[C@@H]32)cc1. The number of aryl methyl sites for hydroxylation is 1. The molecule has 2 saturated heterocycles. The van der Waals surface area contributed by atoms with Gasteiger partial charge in [-0.2, -0.15) is 0 Å². The van der Waals surface area contributed by atoms with Gasteiger partial charge in [0.1, 0.15) is 0 Å². The first-order valence-electron chi connectivity index (χ1n) is 9.48. The third kappa shape index (κ3) is 3.09. The molecule has 2 aromatic rings. The van der Waals surface area contributed by atoms with E-state index in [1.54, 1.807) is 12.1 Å². The van der Waals surface area contributed by atoms with E-state index in [-0.39, 0.29) is 11.8 Å². The number of fused-ring (bicyclic) bond motifs is 1. The molecule has 0 saturated carbocycles. The van der Waals surface area contributed by atoms with Crippen LogP contribution in [0.5, 0.6) is 0 Å². The average Bonchev–Trinajstić information content (AvgIpc) is 2.68. The van der Waals surface area contributed by atoms with Crippen LogP contribution in [0.1, 0.15) is 36.0 Å². The van der Waals surface area contributed by atoms with E-state index in [0.29, 0.717) is 12.1 Å². The minimum Gasteiger partial charge on any atom is -0.442 e. The van der Waals surface area contributed by atoms with Crippen LogP contribution in [0.15, 0.2) is 54.6 Å². The Morgan fingerprint density at radius 2 is 1.89 bits per heavy atom. The quantitative estimate of drug-likeness (QED) is 0.393. The lowest BCUT2D eigenvalue weighted by molar-refractivity contribution is -0.210. The van der Waals surface area contributed by atoms with E-state index in [1.807, 2.05) is 18.2 Å². The maximum atomic E-state index is 13.0. The lowest BCUT2D eigenvalue weighted by Gasteiger charge is -2.58. The van der Waals surface area contributed by atoms with Gasteiger partial charge in [0, 0.05) is 6.54 Å². The monoisotopic (exact) mass is 362 g/mol. The average molecular weight is 362 g/mol. The standard InChI is InChI=1S/C22H24N3O2/c1-16-10-12-18(13-11-16)22(15-25-14-6-5-9-19(22)25)27-21(26)20(24-23)17-7-3-2-4-8-17/h2-4,7-8,10-13,19,23H,5-6,9,14-15H2,1H3/q+1/t19-,22+/m1/s1. The van der Waals surface area contributed by atoms with Crippen molar-refractivity contribution in [3.8, 4) is 0 Å². The largest absolute Gasteiger partial charge is 0.455 e. The number of carbonyl (C=O) groups is 1. The zero-order valence-corrected chi connectivity index (χ0v) is 15.5. The van der Waals surface area contributed by atoms with Crippen LogP contribution in [0.25, 0.3) is 0 Å². The predicted molar refractivity (Wildman–Crippen MR) is 102 cm³/mol. The van der Waals surface area contributed by atoms with Gasteiger partial charge in [-0.25, -0.2) is 4.79 Å². The Kier molecular flexibility index (Phi) is 4.65. The van der Waals surface area contributed by atoms with Crippen LogP contribution in [0.4, 0.5) is 0 Å². The summed E-state index contributed by atoms with van der Waals surface area (Å²) < 4.78 is 6.15. The summed E-state index contributed by atoms with van der Waals surface area (Å²) in [6.45, 7) is 3.80. The molecular weight excluding hydrogens is 338 g/mol. The van der Waals surface area contributed by atoms with E-state index >= 15 is 0 Å². The summed E-state index contributed by atoms with van der Waals surface area (Å²) in [7, 11) is 0. The smallest absolute Gasteiger partial charge is 0.442 e. The maximum Gasteiger partial charge on any atom is 0.455 e. The number of carbonyl (C=O) groups excluding carboxylic acids is 1. The number of piperidine rings is 1. The molecule has 4 rings (SSSR count). The Morgan fingerprint density at radius 3 is 2.56 bits per heavy atom. The summed E-state index contributed by atoms with van der Waals surface area (Å²) in [4.78, 5) is 18.9. The van der Waals surface area contributed by atoms with Gasteiger partial charge in [0.2, 0.25) is 0 Å². The lowest BCUT2D eigenvalue weighted by atomic mass is 9.73. The van der Waals surface area contributed by atoms with E-state index in [9.17, 15) is 4.79 Å². The number of rotatable bonds is 4. The Labute approximate surface area is 159 Å². The van der Waals surface area contributed by atoms with Crippen LogP contribution in [-0.4, -0.2) is 40.5 Å². The third-order valence-electron chi connectivity index (χ3n) is 5.76. The highest BCUT2D eigenvalue weighted by molar-refractivity contribution is 6.40. The Morgan fingerprint density at radius 1 is 1.15 bits per heavy atom. The van der Waals surface area contributed by atoms with Crippen molar-refractivity contribution in [2.24, 2.45) is 0 Å². The number of benzene rings is 2. The molecule has 0 spiro atoms. The molecule has 0 bridgehead atoms. The van der Waals surface area contributed by atoms with Gasteiger partial charge in [-0.15, -0.1) is 0 Å². The summed E-state index contributed by atoms with van der Waals surface area (Å²) in [5, 5.41) is 0. The molecule has 0 amide bonds. The van der Waals surface area contributed by atoms with Gasteiger partial charge in [-0.05, 0) is 44.0 Å². The van der Waals surface area contributed by atoms with Crippen molar-refractivity contribution in [1.29, 1.82) is 5.53 Å². The number of nitrogens with one attached hydrogen (secondary N) is 1. The third-order valence-corrected chi connectivity index (χ3v) is 5.76. The molecule has 5 heteroatoms. The summed E-state index contributed by atoms with van der Waals surface area (Å²) in [5.41, 5.74) is 9.71. The number of hydrogen-bond donors (Lipinski definition) is 1. The van der Waals surface area contributed by atoms with Crippen molar-refractivity contribution >= 4 is 11.7 Å². The van der Waals surface area contributed by atoms with E-state index in [4.69, 9.17) is 10.3 Å². The van der Waals surface area contributed by atoms with Gasteiger partial charge in [-0.3, -0.25) is 4.90 Å². The fourth-order valence-electron chi connectivity index (χ4n) is 4.32. The van der Waals surface area contributed by atoms with Crippen molar-refractivity contribution < 1.29 is 14.3 Å². The molecule has 0 unspecified atom stereocenters. The molecule has 2 heterocycles. The van der Waals surface area contributed by atoms with E-state index in [2.05, 4.69) is 40.9 Å². The summed E-state index contributed by atoms with van der Waals surface area (Å²) >= 11 is 0. The summed E-state index contributed by atoms with van der Waals surface area (Å²) in [6, 6.07) is 17.5. The van der Waals surface area contributed by atoms with E-state index in [1.165, 1.54) is 12.0 Å². The maximum absolute atomic E-state index is 13.0. The zero-order valence-electron chi connectivity index (χ0n) is 15.5. The van der Waals surface area contributed by atoms with Gasteiger partial charge in [-0.1, -0.05) is 54.4 Å². The Balaban J connectivity index is 1.67. The summed E-state index contributed by atoms with van der Waals surface area (Å²) in [5.74, 6) is -0.526. The minimum atomic E-state index is -0.657. The molecule has 1 N–H and O–H groups in total. The minimum absolute atomic E-state index is 0.0522. The van der Waals surface area contributed by atoms with Gasteiger partial charge >= 0.3 is 11.7 Å². The van der Waals surface area contributed by atoms with E-state index in [0.717, 1.165) is 24.9 Å². The predicted octanol–water partition coefficient (Wildman–Crippen LogP) is 3.33. The number of ether oxygens (including phenoxy) is 1. The second kappa shape index (κ2) is 7.10. The first-order valence-corrected chi connectivity index (χ1v) is 9.48. The Hall–Kier alpha value is -2.75. The van der Waals surface area contributed by atoms with Crippen LogP contribution in [0, 0.1) is 12.5 Å². The van der Waals surface area contributed by atoms with Crippen molar-refractivity contribution in [1.82, 2.24) is 4.90 Å². The molecule has 0 radical (unpaired) electrons. The van der Waals surface area contributed by atoms with Crippen molar-refractivity contribution in [2.45, 2.75) is 37.8 Å². The second-order valence-corrected chi connectivity index (χ2v) is 7.45. The van der Waals surface area contributed by atoms with Gasteiger partial charge in [0.15, 0.2) is 5.60 Å². The highest BCUT2D eigenvalue weighted by atomic mass is 16.6. The molecule has 138 valence electrons. The van der Waals surface area contributed by atoms with Crippen molar-refractivity contribution in [2.75, 3.05) is 13.1 Å². The fraction of sp³-hybridized carbons (Fsp3) is 0.364.